The highest BCUT2D eigenvalue weighted by Gasteiger charge is 2.30. The summed E-state index contributed by atoms with van der Waals surface area (Å²) >= 11 is 0. The van der Waals surface area contributed by atoms with Gasteiger partial charge in [0, 0.05) is 18.8 Å². The van der Waals surface area contributed by atoms with Crippen LogP contribution in [0.5, 0.6) is 0 Å². The van der Waals surface area contributed by atoms with E-state index in [4.69, 9.17) is 9.47 Å². The van der Waals surface area contributed by atoms with E-state index in [0.29, 0.717) is 19.6 Å². The lowest BCUT2D eigenvalue weighted by molar-refractivity contribution is -0.139. The Hall–Kier alpha value is -1.81. The van der Waals surface area contributed by atoms with Gasteiger partial charge in [0.15, 0.2) is 0 Å². The topological polar surface area (TPSA) is 38.8 Å². The monoisotopic (exact) mass is 303 g/mol. The van der Waals surface area contributed by atoms with Crippen LogP contribution in [-0.4, -0.2) is 30.3 Å². The van der Waals surface area contributed by atoms with Gasteiger partial charge in [-0.2, -0.15) is 0 Å². The van der Waals surface area contributed by atoms with Crippen molar-refractivity contribution in [3.8, 4) is 0 Å². The van der Waals surface area contributed by atoms with Crippen molar-refractivity contribution in [2.24, 2.45) is 0 Å². The summed E-state index contributed by atoms with van der Waals surface area (Å²) in [5.41, 5.74) is 2.94. The molecule has 0 amide bonds. The molecule has 2 rings (SSSR count). The summed E-state index contributed by atoms with van der Waals surface area (Å²) in [4.78, 5) is 14.3. The zero-order valence-electron chi connectivity index (χ0n) is 13.7. The highest BCUT2D eigenvalue weighted by atomic mass is 16.5. The third-order valence-corrected chi connectivity index (χ3v) is 3.93. The van der Waals surface area contributed by atoms with E-state index >= 15 is 0 Å². The summed E-state index contributed by atoms with van der Waals surface area (Å²) < 4.78 is 11.0. The molecule has 0 saturated carbocycles. The lowest BCUT2D eigenvalue weighted by atomic mass is 10.0. The van der Waals surface area contributed by atoms with Crippen molar-refractivity contribution >= 4 is 5.97 Å². The first-order chi connectivity index (χ1) is 10.7. The molecule has 1 aromatic carbocycles. The Morgan fingerprint density at radius 3 is 2.59 bits per heavy atom. The van der Waals surface area contributed by atoms with Gasteiger partial charge in [0.25, 0.3) is 0 Å². The first-order valence-corrected chi connectivity index (χ1v) is 7.96. The molecule has 0 radical (unpaired) electrons. The average molecular weight is 303 g/mol. The van der Waals surface area contributed by atoms with Crippen LogP contribution in [0.1, 0.15) is 39.2 Å². The lowest BCUT2D eigenvalue weighted by Crippen LogP contribution is -2.40. The molecule has 1 aliphatic rings. The van der Waals surface area contributed by atoms with Crippen molar-refractivity contribution in [3.05, 3.63) is 47.2 Å². The largest absolute Gasteiger partial charge is 0.463 e. The van der Waals surface area contributed by atoms with E-state index in [1.54, 1.807) is 0 Å². The molecule has 0 saturated heterocycles. The molecular formula is C18H25NO3. The van der Waals surface area contributed by atoms with Crippen molar-refractivity contribution in [3.63, 3.8) is 0 Å². The molecule has 1 aliphatic heterocycles. The van der Waals surface area contributed by atoms with Crippen molar-refractivity contribution in [2.45, 2.75) is 46.4 Å². The number of nitrogens with zero attached hydrogens (tertiary/aromatic N) is 1. The molecule has 0 aromatic heterocycles. The number of esters is 1. The van der Waals surface area contributed by atoms with Crippen molar-refractivity contribution in [2.75, 3.05) is 13.2 Å². The predicted molar refractivity (Wildman–Crippen MR) is 86.0 cm³/mol. The first kappa shape index (κ1) is 16.6. The summed E-state index contributed by atoms with van der Waals surface area (Å²) in [6.07, 6.45) is 1.54. The zero-order valence-corrected chi connectivity index (χ0v) is 13.7. The van der Waals surface area contributed by atoms with Crippen molar-refractivity contribution in [1.82, 2.24) is 4.90 Å². The summed E-state index contributed by atoms with van der Waals surface area (Å²) in [5, 5.41) is 0. The van der Waals surface area contributed by atoms with Crippen LogP contribution in [-0.2, 0) is 20.8 Å². The number of ether oxygens (including phenoxy) is 2. The summed E-state index contributed by atoms with van der Waals surface area (Å²) in [6.45, 7) is 7.63. The molecule has 0 aliphatic carbocycles. The van der Waals surface area contributed by atoms with Gasteiger partial charge in [-0.1, -0.05) is 30.3 Å². The Morgan fingerprint density at radius 2 is 1.95 bits per heavy atom. The molecule has 0 N–H and O–H groups in total. The van der Waals surface area contributed by atoms with E-state index < -0.39 is 0 Å². The van der Waals surface area contributed by atoms with Crippen LogP contribution in [0.3, 0.4) is 0 Å². The molecule has 22 heavy (non-hydrogen) atoms. The van der Waals surface area contributed by atoms with Gasteiger partial charge in [-0.15, -0.1) is 0 Å². The average Bonchev–Trinajstić information content (AvgIpc) is 2.52. The minimum absolute atomic E-state index is 0.0170. The lowest BCUT2D eigenvalue weighted by Gasteiger charge is -2.38. The van der Waals surface area contributed by atoms with E-state index in [1.807, 2.05) is 39.0 Å². The van der Waals surface area contributed by atoms with Gasteiger partial charge in [0.05, 0.1) is 12.2 Å². The van der Waals surface area contributed by atoms with Crippen LogP contribution < -0.4 is 0 Å². The molecule has 1 atom stereocenters. The minimum atomic E-state index is -0.201. The maximum Gasteiger partial charge on any atom is 0.335 e. The molecular weight excluding hydrogens is 278 g/mol. The van der Waals surface area contributed by atoms with Gasteiger partial charge < -0.3 is 14.4 Å². The molecule has 1 heterocycles. The second-order valence-electron chi connectivity index (χ2n) is 5.35. The molecule has 0 spiro atoms. The maximum absolute atomic E-state index is 12.1. The van der Waals surface area contributed by atoms with Crippen molar-refractivity contribution in [1.29, 1.82) is 0 Å². The normalized spacial score (nSPS) is 18.5. The van der Waals surface area contributed by atoms with Gasteiger partial charge >= 0.3 is 5.97 Å². The van der Waals surface area contributed by atoms with Crippen molar-refractivity contribution < 1.29 is 14.3 Å². The van der Waals surface area contributed by atoms with Crippen LogP contribution in [0, 0.1) is 0 Å². The highest BCUT2D eigenvalue weighted by molar-refractivity contribution is 5.89. The predicted octanol–water partition coefficient (Wildman–Crippen LogP) is 3.48. The number of hydrogen-bond acceptors (Lipinski definition) is 4. The SMILES string of the molecule is CCOC(=O)C1=C(C)N(Cc2ccccc2)C(OCC)CC1. The van der Waals surface area contributed by atoms with Gasteiger partial charge in [-0.05, 0) is 39.2 Å². The van der Waals surface area contributed by atoms with E-state index in [-0.39, 0.29) is 12.2 Å². The number of hydrogen-bond donors (Lipinski definition) is 0. The van der Waals surface area contributed by atoms with Crippen LogP contribution in [0.15, 0.2) is 41.6 Å². The number of carbonyl (C=O) groups is 1. The van der Waals surface area contributed by atoms with Crippen LogP contribution in [0.4, 0.5) is 0 Å². The molecule has 4 heteroatoms. The number of allylic oxidation sites excluding steroid dienone is 1. The molecule has 0 fully saturated rings. The van der Waals surface area contributed by atoms with Crippen LogP contribution in [0.2, 0.25) is 0 Å². The highest BCUT2D eigenvalue weighted by Crippen LogP contribution is 2.30. The van der Waals surface area contributed by atoms with Gasteiger partial charge in [0.1, 0.15) is 6.23 Å². The molecule has 1 aromatic rings. The molecule has 0 bridgehead atoms. The smallest absolute Gasteiger partial charge is 0.335 e. The fourth-order valence-corrected chi connectivity index (χ4v) is 2.83. The van der Waals surface area contributed by atoms with Crippen LogP contribution >= 0.6 is 0 Å². The molecule has 1 unspecified atom stereocenters. The molecule has 120 valence electrons. The third kappa shape index (κ3) is 3.89. The van der Waals surface area contributed by atoms with Gasteiger partial charge in [0.2, 0.25) is 0 Å². The van der Waals surface area contributed by atoms with E-state index in [2.05, 4.69) is 17.0 Å². The fraction of sp³-hybridized carbons (Fsp3) is 0.500. The van der Waals surface area contributed by atoms with Crippen LogP contribution in [0.25, 0.3) is 0 Å². The molecule has 4 nitrogen and oxygen atoms in total. The fourth-order valence-electron chi connectivity index (χ4n) is 2.83. The zero-order chi connectivity index (χ0) is 15.9. The number of carbonyl (C=O) groups excluding carboxylic acids is 1. The summed E-state index contributed by atoms with van der Waals surface area (Å²) in [5.74, 6) is -0.201. The standard InChI is InChI=1S/C18H25NO3/c1-4-21-17-12-11-16(18(20)22-5-2)14(3)19(17)13-15-9-7-6-8-10-15/h6-10,17H,4-5,11-13H2,1-3H3. The maximum atomic E-state index is 12.1. The second kappa shape index (κ2) is 7.99. The third-order valence-electron chi connectivity index (χ3n) is 3.93. The quantitative estimate of drug-likeness (QED) is 0.754. The number of benzene rings is 1. The Morgan fingerprint density at radius 1 is 1.23 bits per heavy atom. The van der Waals surface area contributed by atoms with E-state index in [9.17, 15) is 4.79 Å². The Bertz CT molecular complexity index is 524. The Labute approximate surface area is 132 Å². The minimum Gasteiger partial charge on any atom is -0.463 e. The number of rotatable bonds is 6. The van der Waals surface area contributed by atoms with Gasteiger partial charge in [-0.25, -0.2) is 4.79 Å². The van der Waals surface area contributed by atoms with E-state index in [1.165, 1.54) is 5.56 Å². The summed E-state index contributed by atoms with van der Waals surface area (Å²) in [7, 11) is 0. The summed E-state index contributed by atoms with van der Waals surface area (Å²) in [6, 6.07) is 10.2. The Balaban J connectivity index is 2.25. The second-order valence-corrected chi connectivity index (χ2v) is 5.35. The van der Waals surface area contributed by atoms with Gasteiger partial charge in [-0.3, -0.25) is 0 Å². The first-order valence-electron chi connectivity index (χ1n) is 7.96. The Kier molecular flexibility index (Phi) is 6.01. The van der Waals surface area contributed by atoms with E-state index in [0.717, 1.165) is 24.2 Å².